The Labute approximate surface area is 142 Å². The number of carbonyl (C=O) groups excluding carboxylic acids is 2. The van der Waals surface area contributed by atoms with Crippen molar-refractivity contribution in [2.75, 3.05) is 20.2 Å². The zero-order chi connectivity index (χ0) is 17.1. The summed E-state index contributed by atoms with van der Waals surface area (Å²) in [5.41, 5.74) is 0.965. The van der Waals surface area contributed by atoms with Crippen molar-refractivity contribution in [2.45, 2.75) is 38.8 Å². The van der Waals surface area contributed by atoms with Crippen molar-refractivity contribution in [1.29, 1.82) is 0 Å². The molecule has 0 saturated carbocycles. The van der Waals surface area contributed by atoms with Gasteiger partial charge in [-0.25, -0.2) is 0 Å². The molecule has 6 heteroatoms. The molecular weight excluding hydrogens is 316 g/mol. The van der Waals surface area contributed by atoms with Crippen molar-refractivity contribution in [3.05, 3.63) is 34.9 Å². The normalized spacial score (nSPS) is 15.7. The van der Waals surface area contributed by atoms with Crippen LogP contribution in [-0.2, 0) is 20.9 Å². The molecule has 0 spiro atoms. The predicted octanol–water partition coefficient (Wildman–Crippen LogP) is 2.62. The van der Waals surface area contributed by atoms with Crippen LogP contribution in [0.3, 0.4) is 0 Å². The van der Waals surface area contributed by atoms with Crippen LogP contribution < -0.4 is 5.32 Å². The molecular formula is C17H25ClN2O3. The first kappa shape index (κ1) is 19.5. The zero-order valence-electron chi connectivity index (χ0n) is 13.8. The number of nitrogens with zero attached hydrogens (tertiary/aromatic N) is 1. The first-order valence-corrected chi connectivity index (χ1v) is 8.17. The third kappa shape index (κ3) is 8.57. The minimum absolute atomic E-state index is 0.261. The summed E-state index contributed by atoms with van der Waals surface area (Å²) in [7, 11) is 1.35. The third-order valence-electron chi connectivity index (χ3n) is 3.55. The molecule has 128 valence electrons. The fourth-order valence-corrected chi connectivity index (χ4v) is 2.21. The largest absolute Gasteiger partial charge is 0.469 e. The lowest BCUT2D eigenvalue weighted by atomic mass is 10.1. The average molecular weight is 341 g/mol. The second-order valence-electron chi connectivity index (χ2n) is 5.53. The van der Waals surface area contributed by atoms with Crippen molar-refractivity contribution in [1.82, 2.24) is 10.2 Å². The van der Waals surface area contributed by atoms with Crippen LogP contribution in [0.15, 0.2) is 24.3 Å². The molecule has 1 aromatic rings. The molecule has 2 rings (SSSR count). The van der Waals surface area contributed by atoms with Gasteiger partial charge in [0.2, 0.25) is 6.41 Å². The standard InChI is InChI=1S/C13H16ClNO3.C4H9N/c1-18-13(17)6-3-7-15(10-16)9-11-4-2-5-12(14)8-11;1-4-2-3-5-4/h2,4-5,8,10H,3,6-7,9H2,1H3;4-5H,2-3H2,1H3. The van der Waals surface area contributed by atoms with E-state index in [1.54, 1.807) is 11.0 Å². The Hall–Kier alpha value is -1.59. The van der Waals surface area contributed by atoms with Crippen LogP contribution in [0.5, 0.6) is 0 Å². The Kier molecular flexibility index (Phi) is 9.33. The van der Waals surface area contributed by atoms with Crippen LogP contribution in [0.2, 0.25) is 5.02 Å². The third-order valence-corrected chi connectivity index (χ3v) is 3.78. The van der Waals surface area contributed by atoms with Gasteiger partial charge in [0.25, 0.3) is 0 Å². The predicted molar refractivity (Wildman–Crippen MR) is 91.3 cm³/mol. The van der Waals surface area contributed by atoms with Gasteiger partial charge in [0.15, 0.2) is 0 Å². The van der Waals surface area contributed by atoms with Crippen LogP contribution in [0.4, 0.5) is 0 Å². The van der Waals surface area contributed by atoms with Gasteiger partial charge >= 0.3 is 5.97 Å². The molecule has 23 heavy (non-hydrogen) atoms. The van der Waals surface area contributed by atoms with E-state index in [0.717, 1.165) is 18.0 Å². The number of hydrogen-bond donors (Lipinski definition) is 1. The number of rotatable bonds is 7. The van der Waals surface area contributed by atoms with E-state index in [1.165, 1.54) is 20.1 Å². The monoisotopic (exact) mass is 340 g/mol. The summed E-state index contributed by atoms with van der Waals surface area (Å²) in [5.74, 6) is -0.261. The number of halogens is 1. The average Bonchev–Trinajstić information content (AvgIpc) is 2.52. The summed E-state index contributed by atoms with van der Waals surface area (Å²) < 4.78 is 4.54. The molecule has 1 aromatic carbocycles. The van der Waals surface area contributed by atoms with Gasteiger partial charge in [-0.05, 0) is 44.0 Å². The Balaban J connectivity index is 0.000000446. The first-order chi connectivity index (χ1) is 11.0. The summed E-state index contributed by atoms with van der Waals surface area (Å²) >= 11 is 5.87. The summed E-state index contributed by atoms with van der Waals surface area (Å²) in [6, 6.07) is 8.17. The van der Waals surface area contributed by atoms with E-state index in [1.807, 2.05) is 18.2 Å². The van der Waals surface area contributed by atoms with Crippen molar-refractivity contribution in [2.24, 2.45) is 0 Å². The molecule has 1 aliphatic rings. The van der Waals surface area contributed by atoms with Gasteiger partial charge in [0.1, 0.15) is 0 Å². The maximum absolute atomic E-state index is 10.9. The van der Waals surface area contributed by atoms with Crippen LogP contribution in [0.25, 0.3) is 0 Å². The Morgan fingerprint density at radius 1 is 1.52 bits per heavy atom. The number of amides is 1. The highest BCUT2D eigenvalue weighted by Gasteiger charge is 2.07. The lowest BCUT2D eigenvalue weighted by Gasteiger charge is -2.22. The van der Waals surface area contributed by atoms with Gasteiger partial charge in [-0.3, -0.25) is 9.59 Å². The Morgan fingerprint density at radius 3 is 2.70 bits per heavy atom. The highest BCUT2D eigenvalue weighted by molar-refractivity contribution is 6.30. The number of ether oxygens (including phenoxy) is 1. The molecule has 0 radical (unpaired) electrons. The summed E-state index contributed by atoms with van der Waals surface area (Å²) in [6.07, 6.45) is 3.06. The smallest absolute Gasteiger partial charge is 0.305 e. The maximum atomic E-state index is 10.9. The van der Waals surface area contributed by atoms with Crippen molar-refractivity contribution >= 4 is 24.0 Å². The summed E-state index contributed by atoms with van der Waals surface area (Å²) in [5, 5.41) is 3.85. The minimum atomic E-state index is -0.261. The number of benzene rings is 1. The van der Waals surface area contributed by atoms with E-state index in [4.69, 9.17) is 11.6 Å². The van der Waals surface area contributed by atoms with Gasteiger partial charge in [0, 0.05) is 30.6 Å². The molecule has 0 bridgehead atoms. The molecule has 1 amide bonds. The molecule has 1 N–H and O–H groups in total. The lowest BCUT2D eigenvalue weighted by Crippen LogP contribution is -2.39. The fourth-order valence-electron chi connectivity index (χ4n) is 2.00. The topological polar surface area (TPSA) is 58.6 Å². The molecule has 1 unspecified atom stereocenters. The van der Waals surface area contributed by atoms with Crippen molar-refractivity contribution < 1.29 is 14.3 Å². The molecule has 0 aromatic heterocycles. The van der Waals surface area contributed by atoms with Crippen LogP contribution in [0, 0.1) is 0 Å². The highest BCUT2D eigenvalue weighted by Crippen LogP contribution is 2.12. The van der Waals surface area contributed by atoms with E-state index in [-0.39, 0.29) is 5.97 Å². The van der Waals surface area contributed by atoms with E-state index in [2.05, 4.69) is 17.0 Å². The number of esters is 1. The van der Waals surface area contributed by atoms with Gasteiger partial charge in [0.05, 0.1) is 7.11 Å². The lowest BCUT2D eigenvalue weighted by molar-refractivity contribution is -0.141. The summed E-state index contributed by atoms with van der Waals surface area (Å²) in [4.78, 5) is 23.5. The van der Waals surface area contributed by atoms with Crippen molar-refractivity contribution in [3.63, 3.8) is 0 Å². The SMILES string of the molecule is CC1CCN1.COC(=O)CCCN(C=O)Cc1cccc(Cl)c1. The number of methoxy groups -OCH3 is 1. The van der Waals surface area contributed by atoms with Crippen molar-refractivity contribution in [3.8, 4) is 0 Å². The van der Waals surface area contributed by atoms with Crippen LogP contribution in [0.1, 0.15) is 31.7 Å². The summed E-state index contributed by atoms with van der Waals surface area (Å²) in [6.45, 7) is 4.45. The molecule has 0 aliphatic carbocycles. The van der Waals surface area contributed by atoms with Gasteiger partial charge in [-0.15, -0.1) is 0 Å². The zero-order valence-corrected chi connectivity index (χ0v) is 14.5. The van der Waals surface area contributed by atoms with E-state index in [9.17, 15) is 9.59 Å². The second-order valence-corrected chi connectivity index (χ2v) is 5.97. The molecule has 1 heterocycles. The van der Waals surface area contributed by atoms with Crippen LogP contribution in [-0.4, -0.2) is 43.5 Å². The first-order valence-electron chi connectivity index (χ1n) is 7.79. The number of nitrogens with one attached hydrogen (secondary N) is 1. The fraction of sp³-hybridized carbons (Fsp3) is 0.529. The molecule has 1 aliphatic heterocycles. The second kappa shape index (κ2) is 11.0. The minimum Gasteiger partial charge on any atom is -0.469 e. The van der Waals surface area contributed by atoms with Gasteiger partial charge in [-0.2, -0.15) is 0 Å². The number of carbonyl (C=O) groups is 2. The quantitative estimate of drug-likeness (QED) is 0.612. The van der Waals surface area contributed by atoms with Crippen LogP contribution >= 0.6 is 11.6 Å². The van der Waals surface area contributed by atoms with E-state index >= 15 is 0 Å². The molecule has 1 fully saturated rings. The van der Waals surface area contributed by atoms with E-state index in [0.29, 0.717) is 31.0 Å². The molecule has 5 nitrogen and oxygen atoms in total. The van der Waals surface area contributed by atoms with E-state index < -0.39 is 0 Å². The molecule has 1 saturated heterocycles. The maximum Gasteiger partial charge on any atom is 0.305 e. The molecule has 1 atom stereocenters. The van der Waals surface area contributed by atoms with Gasteiger partial charge in [-0.1, -0.05) is 23.7 Å². The van der Waals surface area contributed by atoms with Gasteiger partial charge < -0.3 is 15.0 Å². The highest BCUT2D eigenvalue weighted by atomic mass is 35.5. The Bertz CT molecular complexity index is 492. The number of hydrogen-bond acceptors (Lipinski definition) is 4. The Morgan fingerprint density at radius 2 is 2.22 bits per heavy atom.